The van der Waals surface area contributed by atoms with E-state index in [-0.39, 0.29) is 28.9 Å². The van der Waals surface area contributed by atoms with Crippen molar-refractivity contribution in [1.82, 2.24) is 24.0 Å². The lowest BCUT2D eigenvalue weighted by molar-refractivity contribution is 0.0731. The summed E-state index contributed by atoms with van der Waals surface area (Å²) in [7, 11) is -1.48. The molecular formula is C26H28N6O4S. The van der Waals surface area contributed by atoms with Crippen LogP contribution in [0.5, 0.6) is 0 Å². The summed E-state index contributed by atoms with van der Waals surface area (Å²) >= 11 is 0. The Morgan fingerprint density at radius 2 is 1.84 bits per heavy atom. The first-order chi connectivity index (χ1) is 17.5. The van der Waals surface area contributed by atoms with Crippen molar-refractivity contribution >= 4 is 32.7 Å². The predicted molar refractivity (Wildman–Crippen MR) is 141 cm³/mol. The summed E-state index contributed by atoms with van der Waals surface area (Å²) in [6, 6.07) is 11.6. The lowest BCUT2D eigenvalue weighted by Gasteiger charge is -2.29. The molecule has 5 rings (SSSR count). The number of benzene rings is 2. The smallest absolute Gasteiger partial charge is 0.263 e. The van der Waals surface area contributed by atoms with E-state index in [1.54, 1.807) is 29.4 Å². The quantitative estimate of drug-likeness (QED) is 0.429. The Morgan fingerprint density at radius 1 is 1.11 bits per heavy atom. The Morgan fingerprint density at radius 3 is 2.51 bits per heavy atom. The number of aromatic nitrogens is 4. The van der Waals surface area contributed by atoms with Crippen LogP contribution in [0.4, 0.5) is 5.95 Å². The highest BCUT2D eigenvalue weighted by molar-refractivity contribution is 7.90. The number of carbonyl (C=O) groups is 1. The van der Waals surface area contributed by atoms with Gasteiger partial charge in [0.05, 0.1) is 40.2 Å². The van der Waals surface area contributed by atoms with Crippen molar-refractivity contribution in [2.45, 2.75) is 37.8 Å². The van der Waals surface area contributed by atoms with Crippen LogP contribution in [0, 0.1) is 0 Å². The maximum atomic E-state index is 13.7. The third kappa shape index (κ3) is 4.62. The minimum absolute atomic E-state index is 0.0153. The number of sulfone groups is 1. The average molecular weight is 521 g/mol. The van der Waals surface area contributed by atoms with E-state index in [1.807, 2.05) is 37.6 Å². The van der Waals surface area contributed by atoms with Crippen LogP contribution >= 0.6 is 0 Å². The van der Waals surface area contributed by atoms with Crippen molar-refractivity contribution in [2.75, 3.05) is 18.1 Å². The average Bonchev–Trinajstić information content (AvgIpc) is 3.22. The second-order valence-electron chi connectivity index (χ2n) is 9.60. The van der Waals surface area contributed by atoms with E-state index in [0.717, 1.165) is 17.3 Å². The van der Waals surface area contributed by atoms with E-state index >= 15 is 0 Å². The normalized spacial score (nSPS) is 13.7. The maximum Gasteiger partial charge on any atom is 0.263 e. The molecule has 192 valence electrons. The lowest BCUT2D eigenvalue weighted by Crippen LogP contribution is -2.41. The first-order valence-electron chi connectivity index (χ1n) is 11.9. The number of hydrogen-bond donors (Lipinski definition) is 1. The Bertz CT molecular complexity index is 1690. The molecule has 0 saturated heterocycles. The number of amides is 1. The van der Waals surface area contributed by atoms with Gasteiger partial charge in [0.2, 0.25) is 5.95 Å². The molecule has 10 nitrogen and oxygen atoms in total. The highest BCUT2D eigenvalue weighted by atomic mass is 32.2. The van der Waals surface area contributed by atoms with Crippen LogP contribution in [0.25, 0.3) is 16.7 Å². The molecule has 3 heterocycles. The standard InChI is InChI=1S/C26H28N6O4S/c1-16(2)28-26-29-22-14-31(24(33)17-5-10-21-23(13-17)30(3)15-27-21)12-11-20(22)25(34)32(26)18-6-8-19(9-7-18)37(4,35)36/h5-10,13,15-16H,11-12,14H2,1-4H3,(H,28,29). The highest BCUT2D eigenvalue weighted by Crippen LogP contribution is 2.23. The molecule has 1 amide bonds. The molecule has 0 unspecified atom stereocenters. The van der Waals surface area contributed by atoms with Crippen LogP contribution in [-0.2, 0) is 29.9 Å². The number of anilines is 1. The van der Waals surface area contributed by atoms with Crippen molar-refractivity contribution < 1.29 is 13.2 Å². The Labute approximate surface area is 214 Å². The molecule has 2 aromatic heterocycles. The number of fused-ring (bicyclic) bond motifs is 2. The summed E-state index contributed by atoms with van der Waals surface area (Å²) in [6.07, 6.45) is 3.22. The molecule has 1 aliphatic rings. The topological polar surface area (TPSA) is 119 Å². The van der Waals surface area contributed by atoms with Gasteiger partial charge in [-0.1, -0.05) is 0 Å². The third-order valence-corrected chi connectivity index (χ3v) is 7.56. The van der Waals surface area contributed by atoms with Crippen molar-refractivity contribution in [2.24, 2.45) is 7.05 Å². The van der Waals surface area contributed by atoms with Gasteiger partial charge in [-0.2, -0.15) is 0 Å². The third-order valence-electron chi connectivity index (χ3n) is 6.44. The summed E-state index contributed by atoms with van der Waals surface area (Å²) in [5.41, 5.74) is 3.63. The molecule has 11 heteroatoms. The maximum absolute atomic E-state index is 13.7. The molecule has 0 bridgehead atoms. The molecule has 1 N–H and O–H groups in total. The number of imidazole rings is 1. The van der Waals surface area contributed by atoms with Gasteiger partial charge in [0.1, 0.15) is 0 Å². The Hall–Kier alpha value is -3.99. The number of rotatable bonds is 5. The van der Waals surface area contributed by atoms with Crippen LogP contribution in [0.1, 0.15) is 35.5 Å². The molecular weight excluding hydrogens is 492 g/mol. The molecule has 1 aliphatic heterocycles. The number of hydrogen-bond acceptors (Lipinski definition) is 7. The number of aryl methyl sites for hydroxylation is 1. The molecule has 4 aromatic rings. The van der Waals surface area contributed by atoms with E-state index in [1.165, 1.54) is 16.7 Å². The number of carbonyl (C=O) groups excluding carboxylic acids is 1. The molecule has 0 atom stereocenters. The summed E-state index contributed by atoms with van der Waals surface area (Å²) in [5.74, 6) is 0.214. The predicted octanol–water partition coefficient (Wildman–Crippen LogP) is 2.54. The zero-order valence-corrected chi connectivity index (χ0v) is 21.9. The van der Waals surface area contributed by atoms with Crippen LogP contribution in [-0.4, -0.2) is 57.2 Å². The van der Waals surface area contributed by atoms with E-state index in [4.69, 9.17) is 4.98 Å². The van der Waals surface area contributed by atoms with E-state index in [9.17, 15) is 18.0 Å². The van der Waals surface area contributed by atoms with Gasteiger partial charge in [0, 0.05) is 37.0 Å². The lowest BCUT2D eigenvalue weighted by atomic mass is 10.0. The van der Waals surface area contributed by atoms with Crippen LogP contribution in [0.2, 0.25) is 0 Å². The van der Waals surface area contributed by atoms with E-state index < -0.39 is 9.84 Å². The largest absolute Gasteiger partial charge is 0.353 e. The highest BCUT2D eigenvalue weighted by Gasteiger charge is 2.28. The molecule has 0 saturated carbocycles. The molecule has 0 spiro atoms. The zero-order valence-electron chi connectivity index (χ0n) is 21.1. The van der Waals surface area contributed by atoms with Gasteiger partial charge in [0.25, 0.3) is 11.5 Å². The van der Waals surface area contributed by atoms with Crippen molar-refractivity contribution in [3.8, 4) is 5.69 Å². The van der Waals surface area contributed by atoms with Crippen molar-refractivity contribution in [3.05, 3.63) is 76.0 Å². The van der Waals surface area contributed by atoms with E-state index in [0.29, 0.717) is 41.4 Å². The fourth-order valence-corrected chi connectivity index (χ4v) is 5.17. The summed E-state index contributed by atoms with van der Waals surface area (Å²) < 4.78 is 27.1. The van der Waals surface area contributed by atoms with Gasteiger partial charge in [-0.05, 0) is 62.7 Å². The Kier molecular flexibility index (Phi) is 6.10. The van der Waals surface area contributed by atoms with Crippen molar-refractivity contribution in [3.63, 3.8) is 0 Å². The fourth-order valence-electron chi connectivity index (χ4n) is 4.54. The summed E-state index contributed by atoms with van der Waals surface area (Å²) in [4.78, 5) is 38.0. The van der Waals surface area contributed by atoms with Gasteiger partial charge in [-0.3, -0.25) is 9.59 Å². The summed E-state index contributed by atoms with van der Waals surface area (Å²) in [5, 5.41) is 3.23. The minimum Gasteiger partial charge on any atom is -0.353 e. The molecule has 37 heavy (non-hydrogen) atoms. The molecule has 2 aromatic carbocycles. The van der Waals surface area contributed by atoms with Gasteiger partial charge in [-0.25, -0.2) is 23.0 Å². The SMILES string of the molecule is CC(C)Nc1nc2c(c(=O)n1-c1ccc(S(C)(=O)=O)cc1)CCN(C(=O)c1ccc3ncn(C)c3c1)C2. The zero-order chi connectivity index (χ0) is 26.5. The van der Waals surface area contributed by atoms with Gasteiger partial charge in [-0.15, -0.1) is 0 Å². The molecule has 0 aliphatic carbocycles. The Balaban J connectivity index is 1.51. The number of nitrogens with zero attached hydrogens (tertiary/aromatic N) is 5. The summed E-state index contributed by atoms with van der Waals surface area (Å²) in [6.45, 7) is 4.48. The molecule has 0 fully saturated rings. The van der Waals surface area contributed by atoms with Gasteiger partial charge < -0.3 is 14.8 Å². The molecule has 0 radical (unpaired) electrons. The number of nitrogens with one attached hydrogen (secondary N) is 1. The fraction of sp³-hybridized carbons (Fsp3) is 0.308. The van der Waals surface area contributed by atoms with Gasteiger partial charge >= 0.3 is 0 Å². The van der Waals surface area contributed by atoms with Crippen LogP contribution in [0.15, 0.2) is 58.5 Å². The van der Waals surface area contributed by atoms with Crippen LogP contribution in [0.3, 0.4) is 0 Å². The van der Waals surface area contributed by atoms with Crippen molar-refractivity contribution in [1.29, 1.82) is 0 Å². The first-order valence-corrected chi connectivity index (χ1v) is 13.8. The minimum atomic E-state index is -3.36. The van der Waals surface area contributed by atoms with E-state index in [2.05, 4.69) is 10.3 Å². The second-order valence-corrected chi connectivity index (χ2v) is 11.6. The van der Waals surface area contributed by atoms with Gasteiger partial charge in [0.15, 0.2) is 9.84 Å². The first kappa shape index (κ1) is 24.7. The second kappa shape index (κ2) is 9.15. The monoisotopic (exact) mass is 520 g/mol. The van der Waals surface area contributed by atoms with Crippen LogP contribution < -0.4 is 10.9 Å².